The van der Waals surface area contributed by atoms with Gasteiger partial charge in [0.1, 0.15) is 31.0 Å². The van der Waals surface area contributed by atoms with E-state index in [-0.39, 0.29) is 77.6 Å². The maximum atomic E-state index is 12.9. The normalized spacial score (nSPS) is 13.3. The Balaban J connectivity index is 0.963. The van der Waals surface area contributed by atoms with Crippen molar-refractivity contribution in [3.8, 4) is 11.5 Å². The molecule has 10 aromatic carbocycles. The molecule has 0 saturated heterocycles. The molecular weight excluding hydrogens is 1300 g/mol. The van der Waals surface area contributed by atoms with Crippen molar-refractivity contribution in [3.05, 3.63) is 157 Å². The average Bonchev–Trinajstić information content (AvgIpc) is 0.776. The molecule has 90 heavy (non-hydrogen) atoms. The van der Waals surface area contributed by atoms with E-state index in [1.165, 1.54) is 48.5 Å². The lowest BCUT2D eigenvalue weighted by molar-refractivity contribution is 0.472. The number of nitrogens with zero attached hydrogens (tertiary/aromatic N) is 8. The maximum absolute atomic E-state index is 12.9. The first-order chi connectivity index (χ1) is 42.1. The summed E-state index contributed by atoms with van der Waals surface area (Å²) in [6.07, 6.45) is 1.92. The number of nitrogens with two attached hydrogens (primary N) is 2. The standard InChI is InChI=1S/C54H38N10O20S6/c55-39-17-19-43(61-59-41-5-1-3-27-11-15-33(23-35(27)41)85(67,68)69)37-25-47(89(79,80)81)51(53(65)49(37)39)63-57-31-13-9-29(45(21-31)87(73,74)75)7-8-30-10-14-32(22-46(30)88(76,77)78)58-64-52-48(90(82,83)84)26-38-44(20-18-40(56)50(38)54(52)66)62-60-42-6-2-4-28-12-16-34(24-36(28)42)86(70,71)72/h1-26,65-66H,55-56H2,(H,67,68,69)(H,70,71,72)(H,73,74,75)(H,76,77,78)(H,79,80,81)(H,82,83,84)/b8-7+,61-59?,62-60?,63-57?,64-58?. The Morgan fingerprint density at radius 3 is 1.00 bits per heavy atom. The summed E-state index contributed by atoms with van der Waals surface area (Å²) < 4.78 is 211. The fourth-order valence-electron chi connectivity index (χ4n) is 9.17. The number of rotatable bonds is 16. The minimum atomic E-state index is -5.33. The molecular formula is C54H38N10O20S6. The van der Waals surface area contributed by atoms with Gasteiger partial charge in [0.25, 0.3) is 60.7 Å². The van der Waals surface area contributed by atoms with Crippen LogP contribution in [0.15, 0.2) is 216 Å². The van der Waals surface area contributed by atoms with E-state index in [1.54, 1.807) is 24.3 Å². The average molecular weight is 1340 g/mol. The topological polar surface area (TPSA) is 518 Å². The maximum Gasteiger partial charge on any atom is 0.296 e. The number of anilines is 2. The molecule has 12 N–H and O–H groups in total. The van der Waals surface area contributed by atoms with Crippen LogP contribution < -0.4 is 11.5 Å². The minimum absolute atomic E-state index is 0.0812. The van der Waals surface area contributed by atoms with Crippen molar-refractivity contribution >= 4 is 173 Å². The molecule has 0 heterocycles. The number of aromatic hydroxyl groups is 2. The molecule has 0 atom stereocenters. The molecule has 0 bridgehead atoms. The molecule has 0 unspecified atom stereocenters. The smallest absolute Gasteiger partial charge is 0.296 e. The number of phenolic OH excluding ortho intramolecular Hbond substituents is 2. The Morgan fingerprint density at radius 1 is 0.322 bits per heavy atom. The molecule has 36 heteroatoms. The molecule has 0 aliphatic rings. The van der Waals surface area contributed by atoms with E-state index in [1.807, 2.05) is 0 Å². The molecule has 10 aromatic rings. The third-order valence-corrected chi connectivity index (χ3v) is 18.6. The van der Waals surface area contributed by atoms with Crippen molar-refractivity contribution in [2.45, 2.75) is 29.4 Å². The van der Waals surface area contributed by atoms with Crippen molar-refractivity contribution < 1.29 is 88.0 Å². The van der Waals surface area contributed by atoms with E-state index in [4.69, 9.17) is 11.5 Å². The van der Waals surface area contributed by atoms with E-state index in [0.29, 0.717) is 10.8 Å². The summed E-state index contributed by atoms with van der Waals surface area (Å²) in [5.41, 5.74) is 8.41. The zero-order chi connectivity index (χ0) is 65.2. The van der Waals surface area contributed by atoms with E-state index in [9.17, 15) is 88.0 Å². The molecule has 460 valence electrons. The molecule has 0 saturated carbocycles. The highest BCUT2D eigenvalue weighted by Crippen LogP contribution is 2.49. The van der Waals surface area contributed by atoms with Crippen LogP contribution in [-0.4, -0.2) is 88.0 Å². The van der Waals surface area contributed by atoms with Gasteiger partial charge in [0.15, 0.2) is 11.5 Å². The quantitative estimate of drug-likeness (QED) is 0.0186. The summed E-state index contributed by atoms with van der Waals surface area (Å²) in [5.74, 6) is -1.98. The van der Waals surface area contributed by atoms with E-state index in [2.05, 4.69) is 40.9 Å². The molecule has 0 radical (unpaired) electrons. The van der Waals surface area contributed by atoms with Gasteiger partial charge >= 0.3 is 0 Å². The summed E-state index contributed by atoms with van der Waals surface area (Å²) >= 11 is 0. The van der Waals surface area contributed by atoms with Crippen molar-refractivity contribution in [3.63, 3.8) is 0 Å². The van der Waals surface area contributed by atoms with Crippen LogP contribution in [0.25, 0.3) is 55.2 Å². The Morgan fingerprint density at radius 2 is 0.667 bits per heavy atom. The van der Waals surface area contributed by atoms with Gasteiger partial charge in [0, 0.05) is 32.9 Å². The van der Waals surface area contributed by atoms with E-state index in [0.717, 1.165) is 84.9 Å². The van der Waals surface area contributed by atoms with Crippen LogP contribution in [0.2, 0.25) is 0 Å². The van der Waals surface area contributed by atoms with E-state index < -0.39 is 124 Å². The van der Waals surface area contributed by atoms with Gasteiger partial charge in [-0.3, -0.25) is 27.3 Å². The number of fused-ring (bicyclic) bond motifs is 4. The highest BCUT2D eigenvalue weighted by atomic mass is 32.2. The highest BCUT2D eigenvalue weighted by Gasteiger charge is 2.28. The predicted molar refractivity (Wildman–Crippen MR) is 325 cm³/mol. The summed E-state index contributed by atoms with van der Waals surface area (Å²) in [6.45, 7) is 0. The minimum Gasteiger partial charge on any atom is -0.505 e. The second-order valence-corrected chi connectivity index (χ2v) is 27.5. The first-order valence-electron chi connectivity index (χ1n) is 24.8. The third kappa shape index (κ3) is 13.0. The summed E-state index contributed by atoms with van der Waals surface area (Å²) in [7, 11) is -30.4. The van der Waals surface area contributed by atoms with Crippen LogP contribution in [0.5, 0.6) is 11.5 Å². The molecule has 0 aromatic heterocycles. The molecule has 0 amide bonds. The van der Waals surface area contributed by atoms with Crippen molar-refractivity contribution in [2.24, 2.45) is 40.9 Å². The highest BCUT2D eigenvalue weighted by molar-refractivity contribution is 7.87. The van der Waals surface area contributed by atoms with Crippen molar-refractivity contribution in [1.29, 1.82) is 0 Å². The van der Waals surface area contributed by atoms with Crippen molar-refractivity contribution in [1.82, 2.24) is 0 Å². The molecule has 10 rings (SSSR count). The van der Waals surface area contributed by atoms with Gasteiger partial charge in [-0.2, -0.15) is 60.7 Å². The number of hydrogen-bond donors (Lipinski definition) is 10. The first-order valence-corrected chi connectivity index (χ1v) is 33.4. The Kier molecular flexibility index (Phi) is 16.3. The van der Waals surface area contributed by atoms with Gasteiger partial charge in [-0.05, 0) is 119 Å². The van der Waals surface area contributed by atoms with Crippen LogP contribution in [0.1, 0.15) is 11.1 Å². The van der Waals surface area contributed by atoms with Crippen LogP contribution in [0, 0.1) is 0 Å². The van der Waals surface area contributed by atoms with E-state index >= 15 is 0 Å². The largest absolute Gasteiger partial charge is 0.505 e. The van der Waals surface area contributed by atoms with Gasteiger partial charge in [-0.1, -0.05) is 60.7 Å². The zero-order valence-electron chi connectivity index (χ0n) is 44.7. The molecule has 30 nitrogen and oxygen atoms in total. The predicted octanol–water partition coefficient (Wildman–Crippen LogP) is 12.2. The monoisotopic (exact) mass is 1340 g/mol. The fourth-order valence-corrected chi connectivity index (χ4v) is 12.9. The Bertz CT molecular complexity index is 5330. The van der Waals surface area contributed by atoms with Gasteiger partial charge in [-0.15, -0.1) is 30.7 Å². The van der Waals surface area contributed by atoms with Crippen LogP contribution in [-0.2, 0) is 60.7 Å². The Labute approximate surface area is 507 Å². The van der Waals surface area contributed by atoms with Gasteiger partial charge in [0.05, 0.1) is 54.7 Å². The third-order valence-electron chi connectivity index (χ3n) is 13.3. The lowest BCUT2D eigenvalue weighted by atomic mass is 10.0. The van der Waals surface area contributed by atoms with Gasteiger partial charge in [-0.25, -0.2) is 0 Å². The summed E-state index contributed by atoms with van der Waals surface area (Å²) in [6, 6.07) is 29.0. The SMILES string of the molecule is Nc1ccc(N=Nc2cccc3ccc(S(=O)(=O)O)cc23)c2cc(S(=O)(=O)O)c(N=Nc3ccc(/C=C/c4ccc(N=Nc5c(S(=O)(=O)O)cc6c(N=Nc7cccc8ccc(S(=O)(=O)O)cc78)ccc(N)c6c5O)cc4S(=O)(=O)O)c(S(=O)(=O)O)c3)c(O)c12. The van der Waals surface area contributed by atoms with Gasteiger partial charge < -0.3 is 21.7 Å². The number of azo groups is 4. The van der Waals surface area contributed by atoms with Crippen LogP contribution in [0.3, 0.4) is 0 Å². The number of benzene rings is 10. The van der Waals surface area contributed by atoms with Crippen LogP contribution >= 0.6 is 0 Å². The van der Waals surface area contributed by atoms with Crippen molar-refractivity contribution in [2.75, 3.05) is 11.5 Å². The second-order valence-electron chi connectivity index (χ2n) is 19.1. The fraction of sp³-hybridized carbons (Fsp3) is 0. The lowest BCUT2D eigenvalue weighted by Crippen LogP contribution is -2.02. The number of nitrogen functional groups attached to an aromatic ring is 2. The molecule has 0 spiro atoms. The summed E-state index contributed by atoms with van der Waals surface area (Å²) in [4.78, 5) is -4.89. The number of hydrogen-bond acceptors (Lipinski definition) is 24. The lowest BCUT2D eigenvalue weighted by Gasteiger charge is -2.12. The van der Waals surface area contributed by atoms with Gasteiger partial charge in [0.2, 0.25) is 0 Å². The molecule has 0 aliphatic carbocycles. The molecule has 0 fully saturated rings. The molecule has 0 aliphatic heterocycles. The Hall–Kier alpha value is -9.96. The zero-order valence-corrected chi connectivity index (χ0v) is 49.6. The first kappa shape index (κ1) is 63.1. The number of phenols is 2. The summed E-state index contributed by atoms with van der Waals surface area (Å²) in [5, 5.41) is 55.4. The second kappa shape index (κ2) is 23.2. The van der Waals surface area contributed by atoms with Crippen LogP contribution in [0.4, 0.5) is 56.9 Å².